The summed E-state index contributed by atoms with van der Waals surface area (Å²) in [5.74, 6) is 0.590. The van der Waals surface area contributed by atoms with Gasteiger partial charge in [-0.15, -0.1) is 0 Å². The SMILES string of the molecule is COc1cc(Cl)ccc1Nc1ccnc2cc(C(F)F)ccc12. The zero-order valence-electron chi connectivity index (χ0n) is 12.2. The van der Waals surface area contributed by atoms with Crippen LogP contribution in [0.4, 0.5) is 20.2 Å². The molecule has 3 nitrogen and oxygen atoms in total. The number of methoxy groups -OCH3 is 1. The number of rotatable bonds is 4. The lowest BCUT2D eigenvalue weighted by atomic mass is 10.1. The van der Waals surface area contributed by atoms with Gasteiger partial charge in [0.25, 0.3) is 6.43 Å². The van der Waals surface area contributed by atoms with E-state index in [1.165, 1.54) is 12.1 Å². The Morgan fingerprint density at radius 3 is 2.65 bits per heavy atom. The van der Waals surface area contributed by atoms with Crippen LogP contribution in [0.5, 0.6) is 5.75 Å². The smallest absolute Gasteiger partial charge is 0.263 e. The highest BCUT2D eigenvalue weighted by molar-refractivity contribution is 6.30. The number of aromatic nitrogens is 1. The Labute approximate surface area is 136 Å². The van der Waals surface area contributed by atoms with E-state index in [0.717, 1.165) is 16.8 Å². The van der Waals surface area contributed by atoms with E-state index in [4.69, 9.17) is 16.3 Å². The lowest BCUT2D eigenvalue weighted by Gasteiger charge is -2.13. The van der Waals surface area contributed by atoms with Crippen molar-refractivity contribution in [1.29, 1.82) is 0 Å². The van der Waals surface area contributed by atoms with E-state index in [2.05, 4.69) is 10.3 Å². The molecule has 0 unspecified atom stereocenters. The maximum atomic E-state index is 12.8. The molecule has 3 aromatic rings. The minimum absolute atomic E-state index is 0.0498. The normalized spacial score (nSPS) is 11.0. The van der Waals surface area contributed by atoms with E-state index < -0.39 is 6.43 Å². The molecule has 0 saturated heterocycles. The number of hydrogen-bond donors (Lipinski definition) is 1. The fraction of sp³-hybridized carbons (Fsp3) is 0.118. The standard InChI is InChI=1S/C17H13ClF2N2O/c1-23-16-9-11(18)3-5-14(16)22-13-6-7-21-15-8-10(17(19)20)2-4-12(13)15/h2-9,17H,1H3,(H,21,22). The van der Waals surface area contributed by atoms with Gasteiger partial charge in [0.05, 0.1) is 18.3 Å². The van der Waals surface area contributed by atoms with Crippen LogP contribution in [-0.2, 0) is 0 Å². The van der Waals surface area contributed by atoms with Crippen LogP contribution in [0.15, 0.2) is 48.7 Å². The second-order valence-corrected chi connectivity index (χ2v) is 5.34. The quantitative estimate of drug-likeness (QED) is 0.676. The molecule has 118 valence electrons. The van der Waals surface area contributed by atoms with Crippen molar-refractivity contribution in [3.8, 4) is 5.75 Å². The van der Waals surface area contributed by atoms with Crippen LogP contribution >= 0.6 is 11.6 Å². The molecule has 1 N–H and O–H groups in total. The highest BCUT2D eigenvalue weighted by Crippen LogP contribution is 2.33. The zero-order valence-corrected chi connectivity index (χ0v) is 12.9. The number of benzene rings is 2. The fourth-order valence-electron chi connectivity index (χ4n) is 2.32. The van der Waals surface area contributed by atoms with Crippen molar-refractivity contribution >= 4 is 33.9 Å². The first-order valence-corrected chi connectivity index (χ1v) is 7.23. The van der Waals surface area contributed by atoms with Gasteiger partial charge in [-0.25, -0.2) is 8.78 Å². The number of fused-ring (bicyclic) bond motifs is 1. The summed E-state index contributed by atoms with van der Waals surface area (Å²) in [5, 5.41) is 4.54. The van der Waals surface area contributed by atoms with E-state index in [1.54, 1.807) is 43.6 Å². The monoisotopic (exact) mass is 334 g/mol. The van der Waals surface area contributed by atoms with E-state index in [1.807, 2.05) is 0 Å². The molecule has 0 atom stereocenters. The molecule has 1 heterocycles. The van der Waals surface area contributed by atoms with Crippen LogP contribution in [-0.4, -0.2) is 12.1 Å². The molecule has 2 aromatic carbocycles. The van der Waals surface area contributed by atoms with Crippen LogP contribution in [0, 0.1) is 0 Å². The Morgan fingerprint density at radius 2 is 1.91 bits per heavy atom. The van der Waals surface area contributed by atoms with Crippen LogP contribution in [0.1, 0.15) is 12.0 Å². The molecule has 0 saturated carbocycles. The average molecular weight is 335 g/mol. The second-order valence-electron chi connectivity index (χ2n) is 4.91. The third-order valence-corrected chi connectivity index (χ3v) is 3.69. The Balaban J connectivity index is 2.04. The third-order valence-electron chi connectivity index (χ3n) is 3.45. The molecule has 1 aromatic heterocycles. The topological polar surface area (TPSA) is 34.1 Å². The molecule has 0 aliphatic rings. The van der Waals surface area contributed by atoms with Gasteiger partial charge in [-0.2, -0.15) is 0 Å². The lowest BCUT2D eigenvalue weighted by Crippen LogP contribution is -1.96. The molecule has 6 heteroatoms. The van der Waals surface area contributed by atoms with Crippen LogP contribution < -0.4 is 10.1 Å². The maximum Gasteiger partial charge on any atom is 0.263 e. The largest absolute Gasteiger partial charge is 0.495 e. The highest BCUT2D eigenvalue weighted by atomic mass is 35.5. The molecule has 0 aliphatic carbocycles. The van der Waals surface area contributed by atoms with Gasteiger partial charge >= 0.3 is 0 Å². The van der Waals surface area contributed by atoms with Crippen LogP contribution in [0.25, 0.3) is 10.9 Å². The Kier molecular flexibility index (Phi) is 4.30. The van der Waals surface area contributed by atoms with Gasteiger partial charge in [0, 0.05) is 33.9 Å². The molecule has 0 fully saturated rings. The summed E-state index contributed by atoms with van der Waals surface area (Å²) in [6.07, 6.45) is -0.948. The van der Waals surface area contributed by atoms with Gasteiger partial charge in [-0.1, -0.05) is 23.7 Å². The summed E-state index contributed by atoms with van der Waals surface area (Å²) >= 11 is 5.95. The second kappa shape index (κ2) is 6.38. The van der Waals surface area contributed by atoms with Crippen molar-refractivity contribution in [3.63, 3.8) is 0 Å². The third kappa shape index (κ3) is 3.19. The lowest BCUT2D eigenvalue weighted by molar-refractivity contribution is 0.151. The van der Waals surface area contributed by atoms with Crippen LogP contribution in [0.3, 0.4) is 0 Å². The summed E-state index contributed by atoms with van der Waals surface area (Å²) in [4.78, 5) is 4.16. The molecular weight excluding hydrogens is 322 g/mol. The first-order chi connectivity index (χ1) is 11.1. The number of ether oxygens (including phenoxy) is 1. The molecule has 0 radical (unpaired) electrons. The number of nitrogens with zero attached hydrogens (tertiary/aromatic N) is 1. The minimum atomic E-state index is -2.52. The summed E-state index contributed by atoms with van der Waals surface area (Å²) < 4.78 is 30.9. The fourth-order valence-corrected chi connectivity index (χ4v) is 2.49. The van der Waals surface area contributed by atoms with E-state index in [-0.39, 0.29) is 5.56 Å². The van der Waals surface area contributed by atoms with Gasteiger partial charge in [0.1, 0.15) is 5.75 Å². The van der Waals surface area contributed by atoms with E-state index >= 15 is 0 Å². The Morgan fingerprint density at radius 1 is 1.09 bits per heavy atom. The summed E-state index contributed by atoms with van der Waals surface area (Å²) in [6.45, 7) is 0. The van der Waals surface area contributed by atoms with Gasteiger partial charge in [-0.05, 0) is 24.3 Å². The Bertz CT molecular complexity index is 855. The number of nitrogens with one attached hydrogen (secondary N) is 1. The number of alkyl halides is 2. The minimum Gasteiger partial charge on any atom is -0.495 e. The molecule has 0 spiro atoms. The number of hydrogen-bond acceptors (Lipinski definition) is 3. The first-order valence-electron chi connectivity index (χ1n) is 6.86. The van der Waals surface area contributed by atoms with Crippen molar-refractivity contribution in [1.82, 2.24) is 4.98 Å². The summed E-state index contributed by atoms with van der Waals surface area (Å²) in [5.41, 5.74) is 1.92. The van der Waals surface area contributed by atoms with Crippen LogP contribution in [0.2, 0.25) is 5.02 Å². The zero-order chi connectivity index (χ0) is 16.4. The van der Waals surface area contributed by atoms with Crippen molar-refractivity contribution in [2.75, 3.05) is 12.4 Å². The molecule has 0 amide bonds. The van der Waals surface area contributed by atoms with Gasteiger partial charge in [0.15, 0.2) is 0 Å². The predicted molar refractivity (Wildman–Crippen MR) is 88.0 cm³/mol. The van der Waals surface area contributed by atoms with Gasteiger partial charge in [-0.3, -0.25) is 4.98 Å². The molecule has 3 rings (SSSR count). The van der Waals surface area contributed by atoms with Crippen molar-refractivity contribution < 1.29 is 13.5 Å². The van der Waals surface area contributed by atoms with Gasteiger partial charge in [0.2, 0.25) is 0 Å². The molecule has 0 aliphatic heterocycles. The first kappa shape index (κ1) is 15.5. The number of halogens is 3. The van der Waals surface area contributed by atoms with Crippen molar-refractivity contribution in [3.05, 3.63) is 59.2 Å². The van der Waals surface area contributed by atoms with Gasteiger partial charge < -0.3 is 10.1 Å². The van der Waals surface area contributed by atoms with E-state index in [0.29, 0.717) is 16.3 Å². The predicted octanol–water partition coefficient (Wildman–Crippen LogP) is 5.58. The highest BCUT2D eigenvalue weighted by Gasteiger charge is 2.11. The molecule has 23 heavy (non-hydrogen) atoms. The number of pyridine rings is 1. The Hall–Kier alpha value is -2.40. The summed E-state index contributed by atoms with van der Waals surface area (Å²) in [7, 11) is 1.55. The summed E-state index contributed by atoms with van der Waals surface area (Å²) in [6, 6.07) is 11.4. The molecule has 0 bridgehead atoms. The van der Waals surface area contributed by atoms with E-state index in [9.17, 15) is 8.78 Å². The van der Waals surface area contributed by atoms with Crippen molar-refractivity contribution in [2.45, 2.75) is 6.43 Å². The number of anilines is 2. The average Bonchev–Trinajstić information content (AvgIpc) is 2.56. The van der Waals surface area contributed by atoms with Crippen molar-refractivity contribution in [2.24, 2.45) is 0 Å². The maximum absolute atomic E-state index is 12.8. The molecular formula is C17H13ClF2N2O.